The van der Waals surface area contributed by atoms with E-state index in [2.05, 4.69) is 58.1 Å². The Hall–Kier alpha value is -0.292. The van der Waals surface area contributed by atoms with Crippen LogP contribution in [0.15, 0.2) is 49.0 Å². The monoisotopic (exact) mass is 396 g/mol. The van der Waals surface area contributed by atoms with E-state index in [0.717, 1.165) is 17.4 Å². The Morgan fingerprint density at radius 2 is 1.58 bits per heavy atom. The Balaban J connectivity index is 1.99. The summed E-state index contributed by atoms with van der Waals surface area (Å²) in [6, 6.07) is 0. The number of fused-ring (bicyclic) bond motifs is 2. The third-order valence-electron chi connectivity index (χ3n) is 5.10. The molecule has 1 saturated carbocycles. The van der Waals surface area contributed by atoms with E-state index in [9.17, 15) is 0 Å². The zero-order valence-corrected chi connectivity index (χ0v) is 20.0. The fourth-order valence-corrected chi connectivity index (χ4v) is 17.4. The van der Waals surface area contributed by atoms with E-state index in [1.54, 1.807) is 0 Å². The Bertz CT molecular complexity index is 536. The highest BCUT2D eigenvalue weighted by molar-refractivity contribution is 6.92. The van der Waals surface area contributed by atoms with Crippen molar-refractivity contribution in [3.63, 3.8) is 0 Å². The molecule has 0 aromatic carbocycles. The highest BCUT2D eigenvalue weighted by atomic mass is 28.5. The van der Waals surface area contributed by atoms with Crippen LogP contribution in [0.2, 0.25) is 31.7 Å². The molecule has 134 valence electrons. The van der Waals surface area contributed by atoms with Crippen LogP contribution in [0.4, 0.5) is 0 Å². The number of rotatable bonds is 10. The molecule has 5 unspecified atom stereocenters. The molecule has 0 aromatic heterocycles. The summed E-state index contributed by atoms with van der Waals surface area (Å²) in [6.07, 6.45) is 7.41. The summed E-state index contributed by atoms with van der Waals surface area (Å²) in [6.45, 7) is 20.3. The molecule has 2 aliphatic carbocycles. The molecule has 0 amide bonds. The van der Waals surface area contributed by atoms with Crippen molar-refractivity contribution in [3.8, 4) is 0 Å². The molecule has 0 saturated heterocycles. The highest BCUT2D eigenvalue weighted by Gasteiger charge is 2.44. The third kappa shape index (κ3) is 4.87. The van der Waals surface area contributed by atoms with E-state index in [4.69, 9.17) is 12.3 Å². The number of hydrogen-bond acceptors (Lipinski definition) is 3. The van der Waals surface area contributed by atoms with Crippen LogP contribution in [0.25, 0.3) is 0 Å². The van der Waals surface area contributed by atoms with Gasteiger partial charge in [0.05, 0.1) is 0 Å². The quantitative estimate of drug-likeness (QED) is 0.412. The molecule has 0 aliphatic heterocycles. The van der Waals surface area contributed by atoms with Gasteiger partial charge in [-0.1, -0.05) is 29.2 Å². The Labute approximate surface area is 153 Å². The van der Waals surface area contributed by atoms with Crippen LogP contribution < -0.4 is 0 Å². The van der Waals surface area contributed by atoms with Crippen LogP contribution in [-0.2, 0) is 12.3 Å². The lowest BCUT2D eigenvalue weighted by atomic mass is 10.1. The Kier molecular flexibility index (Phi) is 6.28. The van der Waals surface area contributed by atoms with Crippen LogP contribution in [0, 0.1) is 11.8 Å². The van der Waals surface area contributed by atoms with Gasteiger partial charge in [-0.3, -0.25) is 0 Å². The van der Waals surface area contributed by atoms with Gasteiger partial charge in [0, 0.05) is 0 Å². The predicted octanol–water partition coefficient (Wildman–Crippen LogP) is 4.03. The van der Waals surface area contributed by atoms with Crippen molar-refractivity contribution in [1.29, 1.82) is 0 Å². The number of allylic oxidation sites excluding steroid dienone is 2. The average molecular weight is 397 g/mol. The molecule has 3 nitrogen and oxygen atoms in total. The number of hydrogen-bond donors (Lipinski definition) is 0. The molecule has 24 heavy (non-hydrogen) atoms. The maximum atomic E-state index is 6.50. The average Bonchev–Trinajstić information content (AvgIpc) is 3.15. The maximum absolute atomic E-state index is 6.50. The largest absolute Gasteiger partial charge is 0.439 e. The van der Waals surface area contributed by atoms with Gasteiger partial charge in [-0.05, 0) is 56.4 Å². The summed E-state index contributed by atoms with van der Waals surface area (Å²) in [5.41, 5.74) is 6.47. The van der Waals surface area contributed by atoms with Gasteiger partial charge in [0.1, 0.15) is 0 Å². The summed E-state index contributed by atoms with van der Waals surface area (Å²) < 4.78 is 19.3. The summed E-state index contributed by atoms with van der Waals surface area (Å²) in [7, 11) is -7.52. The molecule has 0 heterocycles. The molecule has 0 N–H and O–H groups in total. The second-order valence-corrected chi connectivity index (χ2v) is 20.5. The zero-order valence-electron chi connectivity index (χ0n) is 15.6. The lowest BCUT2D eigenvalue weighted by molar-refractivity contribution is 0.346. The van der Waals surface area contributed by atoms with Crippen LogP contribution in [0.5, 0.6) is 0 Å². The van der Waals surface area contributed by atoms with Gasteiger partial charge in [-0.2, -0.15) is 0 Å². The lowest BCUT2D eigenvalue weighted by Crippen LogP contribution is -2.55. The molecule has 5 atom stereocenters. The Morgan fingerprint density at radius 3 is 2.04 bits per heavy atom. The van der Waals surface area contributed by atoms with Gasteiger partial charge in [0.2, 0.25) is 0 Å². The SMILES string of the molecule is C=C[Si](C)(C)O[Si](C)(C=C)O[Si](C)(C=C)O[SiH2]C1CC2C=CC1C2. The van der Waals surface area contributed by atoms with Crippen LogP contribution >= 0.6 is 0 Å². The van der Waals surface area contributed by atoms with E-state index < -0.39 is 35.2 Å². The second-order valence-electron chi connectivity index (χ2n) is 7.80. The van der Waals surface area contributed by atoms with Crippen molar-refractivity contribution in [2.45, 2.75) is 44.6 Å². The lowest BCUT2D eigenvalue weighted by Gasteiger charge is -2.38. The van der Waals surface area contributed by atoms with Crippen LogP contribution in [-0.4, -0.2) is 35.2 Å². The fourth-order valence-electron chi connectivity index (χ4n) is 3.56. The van der Waals surface area contributed by atoms with Gasteiger partial charge in [0.15, 0.2) is 18.1 Å². The van der Waals surface area contributed by atoms with E-state index in [1.807, 2.05) is 17.1 Å². The summed E-state index contributed by atoms with van der Waals surface area (Å²) in [5.74, 6) is 1.54. The van der Waals surface area contributed by atoms with Gasteiger partial charge in [-0.15, -0.1) is 19.7 Å². The molecular formula is C17H32O3Si4. The van der Waals surface area contributed by atoms with E-state index in [1.165, 1.54) is 12.8 Å². The maximum Gasteiger partial charge on any atom is 0.342 e. The van der Waals surface area contributed by atoms with E-state index in [-0.39, 0.29) is 0 Å². The van der Waals surface area contributed by atoms with E-state index in [0.29, 0.717) is 0 Å². The topological polar surface area (TPSA) is 27.7 Å². The first-order chi connectivity index (χ1) is 11.1. The van der Waals surface area contributed by atoms with Crippen molar-refractivity contribution >= 4 is 35.2 Å². The highest BCUT2D eigenvalue weighted by Crippen LogP contribution is 2.46. The summed E-state index contributed by atoms with van der Waals surface area (Å²) >= 11 is 0. The standard InChI is InChI=1S/C17H32O3Si4/c1-8-22(4,5)19-24(7,10-3)20-23(6,9-2)18-21-17-14-15-11-12-16(17)13-15/h8-12,15-17H,1-3,13-14,21H2,4-7H3. The van der Waals surface area contributed by atoms with Crippen molar-refractivity contribution in [1.82, 2.24) is 0 Å². The molecule has 1 fully saturated rings. The van der Waals surface area contributed by atoms with Crippen LogP contribution in [0.1, 0.15) is 12.8 Å². The first kappa shape index (κ1) is 20.0. The van der Waals surface area contributed by atoms with Crippen LogP contribution in [0.3, 0.4) is 0 Å². The van der Waals surface area contributed by atoms with Crippen molar-refractivity contribution in [3.05, 3.63) is 49.0 Å². The van der Waals surface area contributed by atoms with Gasteiger partial charge >= 0.3 is 17.1 Å². The second kappa shape index (κ2) is 7.53. The molecule has 0 radical (unpaired) electrons. The smallest absolute Gasteiger partial charge is 0.342 e. The minimum atomic E-state index is -2.50. The Morgan fingerprint density at radius 1 is 0.917 bits per heavy atom. The molecule has 2 bridgehead atoms. The molecule has 0 spiro atoms. The first-order valence-electron chi connectivity index (χ1n) is 8.77. The molecule has 0 aromatic rings. The first-order valence-corrected chi connectivity index (χ1v) is 17.9. The van der Waals surface area contributed by atoms with Crippen molar-refractivity contribution < 1.29 is 12.3 Å². The normalized spacial score (nSPS) is 31.1. The van der Waals surface area contributed by atoms with Gasteiger partial charge in [0.25, 0.3) is 0 Å². The third-order valence-corrected chi connectivity index (χ3v) is 18.9. The van der Waals surface area contributed by atoms with Gasteiger partial charge < -0.3 is 12.3 Å². The molecule has 2 aliphatic rings. The molecular weight excluding hydrogens is 365 g/mol. The minimum absolute atomic E-state index is 0.641. The van der Waals surface area contributed by atoms with Crippen molar-refractivity contribution in [2.75, 3.05) is 0 Å². The predicted molar refractivity (Wildman–Crippen MR) is 112 cm³/mol. The molecule has 2 rings (SSSR count). The van der Waals surface area contributed by atoms with Crippen molar-refractivity contribution in [2.24, 2.45) is 11.8 Å². The minimum Gasteiger partial charge on any atom is -0.439 e. The van der Waals surface area contributed by atoms with Gasteiger partial charge in [-0.25, -0.2) is 0 Å². The fraction of sp³-hybridized carbons (Fsp3) is 0.529. The zero-order chi connectivity index (χ0) is 18.0. The summed E-state index contributed by atoms with van der Waals surface area (Å²) in [4.78, 5) is 0. The molecule has 7 heteroatoms. The van der Waals surface area contributed by atoms with E-state index >= 15 is 0 Å². The summed E-state index contributed by atoms with van der Waals surface area (Å²) in [5, 5.41) is 0.